The van der Waals surface area contributed by atoms with Crippen LogP contribution in [0.15, 0.2) is 30.3 Å². The molecule has 0 aliphatic carbocycles. The number of nitrogens with one attached hydrogen (secondary N) is 4. The number of hydrogen-bond acceptors (Lipinski definition) is 21. The molecule has 4 amide bonds. The Morgan fingerprint density at radius 2 is 0.667 bits per heavy atom. The van der Waals surface area contributed by atoms with E-state index in [4.69, 9.17) is 37.5 Å². The minimum Gasteiger partial charge on any atom is -0.462 e. The number of ether oxygens (including phenoxy) is 6. The third-order valence-electron chi connectivity index (χ3n) is 27.1. The van der Waals surface area contributed by atoms with Crippen LogP contribution in [0.4, 0.5) is 0 Å². The number of unbranched alkanes of at least 4 members (excludes halogenated alkanes) is 56. The number of aliphatic hydroxyl groups excluding tert-OH is 3. The third kappa shape index (κ3) is 62.0. The molecule has 0 aromatic heterocycles. The number of hydrogen-bond donors (Lipinski definition) is 13. The Bertz CT molecular complexity index is 3290. The zero-order valence-corrected chi connectivity index (χ0v) is 88.6. The molecule has 29 nitrogen and oxygen atoms in total. The molecule has 2 aliphatic heterocycles. The molecule has 1 aromatic rings. The van der Waals surface area contributed by atoms with Gasteiger partial charge in [-0.1, -0.05) is 444 Å². The predicted octanol–water partition coefficient (Wildman–Crippen LogP) is 22.9. The van der Waals surface area contributed by atoms with Gasteiger partial charge in [-0.15, -0.1) is 0 Å². The van der Waals surface area contributed by atoms with E-state index in [9.17, 15) is 73.4 Å². The molecule has 2 heterocycles. The number of aliphatic hydroxyl groups is 5. The molecule has 2 aliphatic rings. The van der Waals surface area contributed by atoms with Gasteiger partial charge in [0.25, 0.3) is 0 Å². The van der Waals surface area contributed by atoms with Gasteiger partial charge >= 0.3 is 27.6 Å². The van der Waals surface area contributed by atoms with E-state index in [1.807, 2.05) is 0 Å². The van der Waals surface area contributed by atoms with Crippen molar-refractivity contribution in [1.82, 2.24) is 21.3 Å². The average Bonchev–Trinajstić information content (AvgIpc) is 0.716. The van der Waals surface area contributed by atoms with Crippen LogP contribution in [0.5, 0.6) is 0 Å². The van der Waals surface area contributed by atoms with Gasteiger partial charge in [-0.3, -0.25) is 37.8 Å². The molecular formula is C107H198N4O25P2. The maximum absolute atomic E-state index is 15.5. The highest BCUT2D eigenvalue weighted by Gasteiger charge is 2.70. The largest absolute Gasteiger partial charge is 0.472 e. The summed E-state index contributed by atoms with van der Waals surface area (Å²) in [4.78, 5) is 132. The number of carbonyl (C=O) groups is 6. The molecule has 1 aromatic carbocycles. The van der Waals surface area contributed by atoms with Crippen LogP contribution in [0.25, 0.3) is 0 Å². The first kappa shape index (κ1) is 128. The number of rotatable bonds is 93. The molecule has 0 unspecified atom stereocenters. The van der Waals surface area contributed by atoms with E-state index in [1.54, 1.807) is 30.3 Å². The van der Waals surface area contributed by atoms with E-state index in [1.165, 1.54) is 89.9 Å². The van der Waals surface area contributed by atoms with Crippen molar-refractivity contribution >= 4 is 51.2 Å². The standard InChI is InChI=1S/C107H198N4O25P2/c1-7-13-19-25-31-37-39-41-43-49-55-61-70-78-98(119)131-90(76-68-59-53-47-35-29-23-17-11-5)82-94(115)108-100-101(109-95(116)83-91(77-69-60-54-48-36-30-24-18-12-6)132-99(120)79-71-62-56-50-44-42-40-38-32-26-20-14-8-2)104(133-92(84-112)102(100)135-137(123,124)125)130-86-93-103(129-85-87-72-64-63-65-73-87)106(121,110-96(117)80-88(113)74-66-57-51-45-33-27-21-15-9-3)107(122,105(134-93)136-138(126,127)128)111-97(118)81-89(114)75-67-58-52-46-34-28-22-16-10-4/h63-65,72-73,88-93,100-105,112-114,121-122H,7-62,66-71,74-86H2,1-6H3,(H,108,115)(H,109,116)(H,110,117)(H,111,118)(H2,123,124,125)(H2,126,127,128)/t88-,89-,90-,91-,92-,93-,100-,101-,102-,103-,104-,105-,106+,107+/m1/s1. The number of amides is 4. The Labute approximate surface area is 833 Å². The minimum absolute atomic E-state index is 0.0682. The van der Waals surface area contributed by atoms with E-state index in [-0.39, 0.29) is 38.5 Å². The SMILES string of the molecule is CCCCCCCCCCCCCCCC(=O)O[C@H](CCCCCCCCCCC)CC(=O)N[C@@H]1[C@@H](NC(=O)C[C@@H](CCCCCCCCCCC)OC(=O)CCCCCCCCCCCCCCC)[C@H](OC[C@H]2O[C@H](OP(=O)(O)O)[C@@](O)(NC(=O)C[C@H](O)CCCCCCCCCCC)[C@](O)(NC(=O)C[C@H](O)CCCCCCCCCCC)[C@@H]2OCc2ccccc2)O[C@H](CO)[C@H]1OP(=O)(O)O. The zero-order chi connectivity index (χ0) is 101. The molecule has 0 bridgehead atoms. The highest BCUT2D eigenvalue weighted by molar-refractivity contribution is 7.46. The molecule has 31 heteroatoms. The van der Waals surface area contributed by atoms with Gasteiger partial charge in [-0.25, -0.2) is 9.13 Å². The lowest BCUT2D eigenvalue weighted by Crippen LogP contribution is -2.85. The average molecular weight is 2000 g/mol. The van der Waals surface area contributed by atoms with Crippen LogP contribution in [0.1, 0.15) is 509 Å². The van der Waals surface area contributed by atoms with E-state index < -0.39 is 182 Å². The first-order valence-electron chi connectivity index (χ1n) is 55.7. The molecule has 806 valence electrons. The van der Waals surface area contributed by atoms with Crippen molar-refractivity contribution in [2.75, 3.05) is 13.2 Å². The molecule has 14 atom stereocenters. The Balaban J connectivity index is 2.34. The van der Waals surface area contributed by atoms with Crippen LogP contribution in [0, 0.1) is 0 Å². The lowest BCUT2D eigenvalue weighted by Gasteiger charge is -2.55. The van der Waals surface area contributed by atoms with Crippen molar-refractivity contribution in [3.8, 4) is 0 Å². The Morgan fingerprint density at radius 1 is 0.362 bits per heavy atom. The van der Waals surface area contributed by atoms with Gasteiger partial charge in [0, 0.05) is 12.8 Å². The lowest BCUT2D eigenvalue weighted by molar-refractivity contribution is -0.383. The fraction of sp³-hybridized carbons (Fsp3) is 0.888. The Morgan fingerprint density at radius 3 is 0.993 bits per heavy atom. The first-order chi connectivity index (χ1) is 66.6. The highest BCUT2D eigenvalue weighted by atomic mass is 31.2. The van der Waals surface area contributed by atoms with Gasteiger partial charge in [0.2, 0.25) is 41.4 Å². The predicted molar refractivity (Wildman–Crippen MR) is 544 cm³/mol. The monoisotopic (exact) mass is 2000 g/mol. The fourth-order valence-electron chi connectivity index (χ4n) is 19.0. The summed E-state index contributed by atoms with van der Waals surface area (Å²) in [6.45, 7) is 10.3. The minimum atomic E-state index is -6.01. The molecule has 138 heavy (non-hydrogen) atoms. The molecule has 3 rings (SSSR count). The van der Waals surface area contributed by atoms with Crippen LogP contribution in [0.3, 0.4) is 0 Å². The van der Waals surface area contributed by atoms with Gasteiger partial charge < -0.3 is 94.8 Å². The second kappa shape index (κ2) is 81.1. The molecule has 13 N–H and O–H groups in total. The van der Waals surface area contributed by atoms with Crippen molar-refractivity contribution in [3.05, 3.63) is 35.9 Å². The van der Waals surface area contributed by atoms with E-state index in [2.05, 4.69) is 62.8 Å². The van der Waals surface area contributed by atoms with Crippen molar-refractivity contribution in [3.63, 3.8) is 0 Å². The van der Waals surface area contributed by atoms with Gasteiger partial charge in [0.15, 0.2) is 6.29 Å². The fourth-order valence-corrected chi connectivity index (χ4v) is 20.0. The molecule has 2 fully saturated rings. The zero-order valence-electron chi connectivity index (χ0n) is 86.8. The quantitative estimate of drug-likeness (QED) is 0.0125. The summed E-state index contributed by atoms with van der Waals surface area (Å²) in [5.74, 6) is -5.24. The third-order valence-corrected chi connectivity index (χ3v) is 28.1. The number of benzene rings is 1. The maximum atomic E-state index is 15.5. The summed E-state index contributed by atoms with van der Waals surface area (Å²) in [5.41, 5.74) is -6.96. The molecule has 2 saturated heterocycles. The van der Waals surface area contributed by atoms with Crippen molar-refractivity contribution in [2.45, 2.75) is 595 Å². The van der Waals surface area contributed by atoms with Gasteiger partial charge in [-0.2, -0.15) is 0 Å². The summed E-state index contributed by atoms with van der Waals surface area (Å²) in [6, 6.07) is 4.42. The van der Waals surface area contributed by atoms with Gasteiger partial charge in [-0.05, 0) is 56.9 Å². The van der Waals surface area contributed by atoms with Gasteiger partial charge in [0.05, 0.1) is 63.8 Å². The van der Waals surface area contributed by atoms with Crippen molar-refractivity contribution < 1.29 is 120 Å². The summed E-state index contributed by atoms with van der Waals surface area (Å²) < 4.78 is 76.3. The molecule has 0 saturated carbocycles. The van der Waals surface area contributed by atoms with Crippen LogP contribution in [-0.2, 0) is 82.0 Å². The van der Waals surface area contributed by atoms with Crippen LogP contribution < -0.4 is 21.3 Å². The number of esters is 2. The maximum Gasteiger partial charge on any atom is 0.472 e. The van der Waals surface area contributed by atoms with E-state index >= 15 is 9.59 Å². The summed E-state index contributed by atoms with van der Waals surface area (Å²) >= 11 is 0. The lowest BCUT2D eigenvalue weighted by atomic mass is 9.85. The number of phosphoric acid groups is 2. The Hall–Kier alpha value is -4.10. The van der Waals surface area contributed by atoms with Crippen molar-refractivity contribution in [2.24, 2.45) is 0 Å². The Kier molecular flexibility index (Phi) is 75.2. The highest BCUT2D eigenvalue weighted by Crippen LogP contribution is 2.48. The smallest absolute Gasteiger partial charge is 0.462 e. The van der Waals surface area contributed by atoms with Crippen LogP contribution in [-0.4, -0.2) is 179 Å². The summed E-state index contributed by atoms with van der Waals surface area (Å²) in [7, 11) is -11.7. The van der Waals surface area contributed by atoms with Crippen LogP contribution >= 0.6 is 15.6 Å². The second-order valence-electron chi connectivity index (χ2n) is 40.1. The van der Waals surface area contributed by atoms with Crippen molar-refractivity contribution in [1.29, 1.82) is 0 Å². The van der Waals surface area contributed by atoms with Gasteiger partial charge in [0.1, 0.15) is 42.7 Å². The van der Waals surface area contributed by atoms with Crippen LogP contribution in [0.2, 0.25) is 0 Å². The topological polar surface area (TPSA) is 441 Å². The number of phosphoric ester groups is 2. The molecular weight excluding hydrogens is 1800 g/mol. The molecule has 0 radical (unpaired) electrons. The van der Waals surface area contributed by atoms with E-state index in [0.717, 1.165) is 257 Å². The summed E-state index contributed by atoms with van der Waals surface area (Å²) in [6.07, 6.45) is 42.8. The normalized spacial score (nSPS) is 20.5. The molecule has 0 spiro atoms. The van der Waals surface area contributed by atoms with E-state index in [0.29, 0.717) is 56.9 Å². The second-order valence-corrected chi connectivity index (χ2v) is 42.4. The summed E-state index contributed by atoms with van der Waals surface area (Å²) in [5, 5.41) is 72.1. The first-order valence-corrected chi connectivity index (χ1v) is 58.7. The number of carbonyl (C=O) groups excluding carboxylic acids is 6.